The van der Waals surface area contributed by atoms with Crippen molar-refractivity contribution in [3.63, 3.8) is 0 Å². The van der Waals surface area contributed by atoms with E-state index in [4.69, 9.17) is 4.74 Å². The molecule has 6 nitrogen and oxygen atoms in total. The Morgan fingerprint density at radius 1 is 1.00 bits per heavy atom. The second kappa shape index (κ2) is 11.9. The van der Waals surface area contributed by atoms with Gasteiger partial charge < -0.3 is 20.1 Å². The highest BCUT2D eigenvalue weighted by atomic mass is 16.6. The highest BCUT2D eigenvalue weighted by molar-refractivity contribution is 5.00. The first kappa shape index (κ1) is 24.9. The van der Waals surface area contributed by atoms with Crippen LogP contribution in [0.5, 0.6) is 0 Å². The van der Waals surface area contributed by atoms with E-state index in [2.05, 4.69) is 40.9 Å². The number of nitrogens with one attached hydrogen (secondary N) is 1. The molecule has 0 aromatic heterocycles. The number of piperazine rings is 1. The van der Waals surface area contributed by atoms with Gasteiger partial charge >= 0.3 is 0 Å². The van der Waals surface area contributed by atoms with Gasteiger partial charge in [-0.3, -0.25) is 9.80 Å². The van der Waals surface area contributed by atoms with Gasteiger partial charge in [-0.05, 0) is 69.9 Å². The standard InChI is InChI=1S/C26H50N4O2/c1-4-5-8-23-20(2)9-10-21-7-6-13-27-24(21)25(23)29-16-18-30(19-17-29)26(31)32-22-11-14-28(3)15-12-22/h20-27,31H,4-19H2,1-3H3. The number of hydrogen-bond donors (Lipinski definition) is 2. The lowest BCUT2D eigenvalue weighted by atomic mass is 9.77. The van der Waals surface area contributed by atoms with Crippen LogP contribution in [-0.4, -0.2) is 97.3 Å². The summed E-state index contributed by atoms with van der Waals surface area (Å²) in [6.07, 6.45) is 11.1. The van der Waals surface area contributed by atoms with Gasteiger partial charge in [-0.1, -0.05) is 33.1 Å². The number of piperidine rings is 2. The number of aliphatic hydroxyl groups excluding tert-OH is 1. The van der Waals surface area contributed by atoms with Gasteiger partial charge in [0.25, 0.3) is 0 Å². The van der Waals surface area contributed by atoms with Crippen LogP contribution in [0.25, 0.3) is 0 Å². The highest BCUT2D eigenvalue weighted by Crippen LogP contribution is 2.40. The van der Waals surface area contributed by atoms with Crippen LogP contribution in [0.4, 0.5) is 0 Å². The molecule has 3 heterocycles. The van der Waals surface area contributed by atoms with Crippen LogP contribution in [-0.2, 0) is 4.74 Å². The van der Waals surface area contributed by atoms with Crippen LogP contribution in [0.3, 0.4) is 0 Å². The molecule has 3 saturated heterocycles. The fourth-order valence-corrected chi connectivity index (χ4v) is 7.03. The van der Waals surface area contributed by atoms with Crippen molar-refractivity contribution in [1.29, 1.82) is 0 Å². The number of fused-ring (bicyclic) bond motifs is 1. The van der Waals surface area contributed by atoms with Crippen molar-refractivity contribution in [3.8, 4) is 0 Å². The van der Waals surface area contributed by atoms with Crippen LogP contribution >= 0.6 is 0 Å². The molecular weight excluding hydrogens is 400 g/mol. The van der Waals surface area contributed by atoms with Crippen LogP contribution in [0.1, 0.15) is 71.6 Å². The molecule has 0 amide bonds. The van der Waals surface area contributed by atoms with Gasteiger partial charge in [0.05, 0.1) is 6.10 Å². The molecule has 186 valence electrons. The molecule has 4 rings (SSSR count). The molecule has 6 atom stereocenters. The molecule has 1 aliphatic carbocycles. The minimum atomic E-state index is -0.741. The van der Waals surface area contributed by atoms with Gasteiger partial charge in [-0.2, -0.15) is 0 Å². The summed E-state index contributed by atoms with van der Waals surface area (Å²) < 4.78 is 6.08. The monoisotopic (exact) mass is 450 g/mol. The molecule has 0 bridgehead atoms. The maximum atomic E-state index is 10.8. The van der Waals surface area contributed by atoms with E-state index in [0.29, 0.717) is 12.1 Å². The van der Waals surface area contributed by atoms with Gasteiger partial charge in [-0.15, -0.1) is 0 Å². The summed E-state index contributed by atoms with van der Waals surface area (Å²) in [6, 6.07) is 1.31. The second-order valence-electron chi connectivity index (χ2n) is 11.3. The summed E-state index contributed by atoms with van der Waals surface area (Å²) in [7, 11) is 2.17. The maximum Gasteiger partial charge on any atom is 0.216 e. The third kappa shape index (κ3) is 6.05. The summed E-state index contributed by atoms with van der Waals surface area (Å²) in [6.45, 7) is 12.1. The van der Waals surface area contributed by atoms with Crippen molar-refractivity contribution in [2.45, 2.75) is 96.2 Å². The van der Waals surface area contributed by atoms with Crippen LogP contribution in [0.2, 0.25) is 0 Å². The zero-order chi connectivity index (χ0) is 22.5. The van der Waals surface area contributed by atoms with Gasteiger partial charge in [-0.25, -0.2) is 0 Å². The van der Waals surface area contributed by atoms with Crippen molar-refractivity contribution in [3.05, 3.63) is 0 Å². The summed E-state index contributed by atoms with van der Waals surface area (Å²) in [5.74, 6) is 2.46. The number of likely N-dealkylation sites (tertiary alicyclic amines) is 1. The number of hydrogen-bond acceptors (Lipinski definition) is 6. The summed E-state index contributed by atoms with van der Waals surface area (Å²) in [4.78, 5) is 7.32. The molecule has 6 unspecified atom stereocenters. The molecule has 2 N–H and O–H groups in total. The molecule has 4 fully saturated rings. The average molecular weight is 451 g/mol. The van der Waals surface area contributed by atoms with E-state index in [1.54, 1.807) is 0 Å². The Bertz CT molecular complexity index is 548. The fraction of sp³-hybridized carbons (Fsp3) is 1.00. The van der Waals surface area contributed by atoms with Crippen LogP contribution in [0.15, 0.2) is 0 Å². The summed E-state index contributed by atoms with van der Waals surface area (Å²) >= 11 is 0. The van der Waals surface area contributed by atoms with Gasteiger partial charge in [0, 0.05) is 51.4 Å². The highest BCUT2D eigenvalue weighted by Gasteiger charge is 2.44. The van der Waals surface area contributed by atoms with Crippen LogP contribution < -0.4 is 5.32 Å². The first-order valence-corrected chi connectivity index (χ1v) is 13.8. The van der Waals surface area contributed by atoms with E-state index in [1.807, 2.05) is 0 Å². The minimum absolute atomic E-state index is 0.201. The predicted molar refractivity (Wildman–Crippen MR) is 130 cm³/mol. The SMILES string of the molecule is CCCCC1C(C)CCC2CCCNC2C1N1CCN(C(O)OC2CCN(C)CC2)CC1. The number of ether oxygens (including phenoxy) is 1. The molecule has 0 aromatic rings. The van der Waals surface area contributed by atoms with Crippen molar-refractivity contribution < 1.29 is 9.84 Å². The van der Waals surface area contributed by atoms with Gasteiger partial charge in [0.2, 0.25) is 6.41 Å². The smallest absolute Gasteiger partial charge is 0.216 e. The van der Waals surface area contributed by atoms with E-state index in [1.165, 1.54) is 51.5 Å². The van der Waals surface area contributed by atoms with E-state index in [9.17, 15) is 5.11 Å². The summed E-state index contributed by atoms with van der Waals surface area (Å²) in [5, 5.41) is 14.8. The normalized spacial score (nSPS) is 37.7. The lowest BCUT2D eigenvalue weighted by Crippen LogP contribution is -2.63. The van der Waals surface area contributed by atoms with Crippen molar-refractivity contribution in [2.75, 3.05) is 52.9 Å². The third-order valence-corrected chi connectivity index (χ3v) is 9.12. The Hall–Kier alpha value is -0.240. The number of unbranched alkanes of at least 4 members (excludes halogenated alkanes) is 1. The summed E-state index contributed by atoms with van der Waals surface area (Å²) in [5.41, 5.74) is 0. The zero-order valence-corrected chi connectivity index (χ0v) is 21.1. The van der Waals surface area contributed by atoms with Crippen molar-refractivity contribution in [1.82, 2.24) is 20.0 Å². The topological polar surface area (TPSA) is 51.2 Å². The molecule has 0 spiro atoms. The minimum Gasteiger partial charge on any atom is -0.356 e. The van der Waals surface area contributed by atoms with Crippen LogP contribution in [0, 0.1) is 17.8 Å². The Balaban J connectivity index is 1.37. The van der Waals surface area contributed by atoms with Gasteiger partial charge in [0.1, 0.15) is 0 Å². The largest absolute Gasteiger partial charge is 0.356 e. The lowest BCUT2D eigenvalue weighted by Gasteiger charge is -2.49. The van der Waals surface area contributed by atoms with E-state index in [-0.39, 0.29) is 6.10 Å². The van der Waals surface area contributed by atoms with E-state index < -0.39 is 6.41 Å². The lowest BCUT2D eigenvalue weighted by molar-refractivity contribution is -0.231. The molecule has 4 aliphatic rings. The van der Waals surface area contributed by atoms with Gasteiger partial charge in [0.15, 0.2) is 0 Å². The number of nitrogens with zero attached hydrogens (tertiary/aromatic N) is 3. The molecule has 1 saturated carbocycles. The Kier molecular flexibility index (Phi) is 9.28. The molecule has 32 heavy (non-hydrogen) atoms. The Morgan fingerprint density at radius 3 is 2.47 bits per heavy atom. The predicted octanol–water partition coefficient (Wildman–Crippen LogP) is 2.96. The number of aliphatic hydroxyl groups is 1. The molecular formula is C26H50N4O2. The van der Waals surface area contributed by atoms with Crippen molar-refractivity contribution in [2.24, 2.45) is 17.8 Å². The number of rotatable bonds is 7. The maximum absolute atomic E-state index is 10.8. The molecule has 3 aliphatic heterocycles. The first-order valence-electron chi connectivity index (χ1n) is 13.8. The van der Waals surface area contributed by atoms with Crippen molar-refractivity contribution >= 4 is 0 Å². The second-order valence-corrected chi connectivity index (χ2v) is 11.3. The third-order valence-electron chi connectivity index (χ3n) is 9.12. The first-order chi connectivity index (χ1) is 15.6. The quantitative estimate of drug-likeness (QED) is 0.582. The van der Waals surface area contributed by atoms with E-state index in [0.717, 1.165) is 69.9 Å². The fourth-order valence-electron chi connectivity index (χ4n) is 7.03. The molecule has 6 heteroatoms. The average Bonchev–Trinajstić information content (AvgIpc) is 2.95. The Morgan fingerprint density at radius 2 is 1.75 bits per heavy atom. The molecule has 0 aromatic carbocycles. The molecule has 0 radical (unpaired) electrons. The Labute approximate surface area is 197 Å². The van der Waals surface area contributed by atoms with E-state index >= 15 is 0 Å². The zero-order valence-electron chi connectivity index (χ0n) is 21.1.